The molecule has 2 aromatic rings. The number of nitrogens with one attached hydrogen (secondary N) is 1. The summed E-state index contributed by atoms with van der Waals surface area (Å²) in [7, 11) is 1.91. The molecule has 1 saturated carbocycles. The summed E-state index contributed by atoms with van der Waals surface area (Å²) in [6.07, 6.45) is 3.08. The Labute approximate surface area is 168 Å². The van der Waals surface area contributed by atoms with Crippen LogP contribution in [0.3, 0.4) is 0 Å². The van der Waals surface area contributed by atoms with E-state index in [4.69, 9.17) is 0 Å². The van der Waals surface area contributed by atoms with Crippen LogP contribution in [0.5, 0.6) is 0 Å². The Balaban J connectivity index is 0.00000225. The number of carbonyl (C=O) groups is 1. The van der Waals surface area contributed by atoms with E-state index in [1.54, 1.807) is 0 Å². The fourth-order valence-corrected chi connectivity index (χ4v) is 4.41. The molecule has 3 heterocycles. The number of pyridine rings is 2. The summed E-state index contributed by atoms with van der Waals surface area (Å²) in [6.45, 7) is 5.39. The molecule has 0 bridgehead atoms. The summed E-state index contributed by atoms with van der Waals surface area (Å²) in [4.78, 5) is 26.2. The fraction of sp³-hybridized carbons (Fsp3) is 0.500. The lowest BCUT2D eigenvalue weighted by Gasteiger charge is -2.24. The van der Waals surface area contributed by atoms with E-state index in [0.29, 0.717) is 29.2 Å². The molecule has 1 aliphatic heterocycles. The van der Waals surface area contributed by atoms with Crippen molar-refractivity contribution in [2.75, 3.05) is 25.0 Å². The molecule has 6 nitrogen and oxygen atoms in total. The third kappa shape index (κ3) is 3.16. The second kappa shape index (κ2) is 7.37. The summed E-state index contributed by atoms with van der Waals surface area (Å²) in [5, 5.41) is 12.7. The summed E-state index contributed by atoms with van der Waals surface area (Å²) < 4.78 is 16.3. The molecule has 2 fully saturated rings. The van der Waals surface area contributed by atoms with E-state index in [-0.39, 0.29) is 29.9 Å². The number of anilines is 1. The summed E-state index contributed by atoms with van der Waals surface area (Å²) in [5.74, 6) is -1.15. The molecule has 2 aliphatic rings. The molecule has 8 heteroatoms. The van der Waals surface area contributed by atoms with E-state index in [9.17, 15) is 14.7 Å². The number of halogens is 2. The van der Waals surface area contributed by atoms with Crippen molar-refractivity contribution in [1.29, 1.82) is 0 Å². The van der Waals surface area contributed by atoms with Crippen molar-refractivity contribution in [3.8, 4) is 0 Å². The Morgan fingerprint density at radius 3 is 2.54 bits per heavy atom. The minimum absolute atomic E-state index is 0. The molecule has 1 saturated heterocycles. The highest BCUT2D eigenvalue weighted by Gasteiger charge is 2.34. The van der Waals surface area contributed by atoms with Gasteiger partial charge in [0, 0.05) is 19.1 Å². The quantitative estimate of drug-likeness (QED) is 0.704. The van der Waals surface area contributed by atoms with Gasteiger partial charge in [-0.3, -0.25) is 9.20 Å². The van der Waals surface area contributed by atoms with Crippen LogP contribution in [0, 0.1) is 18.7 Å². The van der Waals surface area contributed by atoms with E-state index in [2.05, 4.69) is 12.2 Å². The number of fused-ring (bicyclic) bond motifs is 1. The van der Waals surface area contributed by atoms with Gasteiger partial charge in [-0.2, -0.15) is 0 Å². The zero-order valence-electron chi connectivity index (χ0n) is 16.1. The molecule has 0 spiro atoms. The molecule has 1 aliphatic carbocycles. The van der Waals surface area contributed by atoms with Crippen molar-refractivity contribution in [1.82, 2.24) is 9.72 Å². The average Bonchev–Trinajstić information content (AvgIpc) is 3.38. The van der Waals surface area contributed by atoms with Crippen molar-refractivity contribution in [3.63, 3.8) is 0 Å². The van der Waals surface area contributed by atoms with Crippen LogP contribution in [0.1, 0.15) is 47.2 Å². The maximum atomic E-state index is 15.1. The van der Waals surface area contributed by atoms with Gasteiger partial charge in [0.1, 0.15) is 5.56 Å². The van der Waals surface area contributed by atoms with E-state index < -0.39 is 17.3 Å². The second-order valence-corrected chi connectivity index (χ2v) is 7.84. The number of carboxylic acids is 1. The van der Waals surface area contributed by atoms with Gasteiger partial charge in [0.2, 0.25) is 0 Å². The Hall–Kier alpha value is -2.12. The molecule has 0 aromatic carbocycles. The molecular formula is C20H24ClFN3O3-. The molecule has 2 N–H and O–H groups in total. The van der Waals surface area contributed by atoms with Crippen LogP contribution < -0.4 is 28.2 Å². The molecule has 2 atom stereocenters. The van der Waals surface area contributed by atoms with Gasteiger partial charge < -0.3 is 27.7 Å². The van der Waals surface area contributed by atoms with Crippen LogP contribution in [0.4, 0.5) is 10.1 Å². The number of hydrogen-bond acceptors (Lipinski definition) is 4. The highest BCUT2D eigenvalue weighted by Crippen LogP contribution is 2.44. The van der Waals surface area contributed by atoms with Crippen LogP contribution in [-0.4, -0.2) is 41.7 Å². The van der Waals surface area contributed by atoms with Gasteiger partial charge in [0.05, 0.1) is 17.4 Å². The lowest BCUT2D eigenvalue weighted by atomic mass is 10.0. The molecule has 152 valence electrons. The zero-order valence-corrected chi connectivity index (χ0v) is 16.9. The normalized spacial score (nSPS) is 21.8. The van der Waals surface area contributed by atoms with Gasteiger partial charge in [-0.15, -0.1) is 0 Å². The average molecular weight is 409 g/mol. The number of aromatic carboxylic acids is 1. The van der Waals surface area contributed by atoms with Crippen molar-refractivity contribution in [3.05, 3.63) is 45.1 Å². The van der Waals surface area contributed by atoms with Crippen LogP contribution in [-0.2, 0) is 0 Å². The summed E-state index contributed by atoms with van der Waals surface area (Å²) in [6, 6.07) is 1.77. The first-order chi connectivity index (χ1) is 12.8. The Morgan fingerprint density at radius 2 is 2.00 bits per heavy atom. The number of likely N-dealkylation sites (N-methyl/N-ethyl adjacent to an activating group) is 1. The van der Waals surface area contributed by atoms with Crippen molar-refractivity contribution >= 4 is 17.2 Å². The van der Waals surface area contributed by atoms with Crippen LogP contribution in [0.25, 0.3) is 5.52 Å². The van der Waals surface area contributed by atoms with Crippen LogP contribution in [0.2, 0.25) is 0 Å². The molecule has 2 aromatic heterocycles. The maximum absolute atomic E-state index is 15.1. The largest absolute Gasteiger partial charge is 1.00 e. The molecule has 28 heavy (non-hydrogen) atoms. The van der Waals surface area contributed by atoms with E-state index in [1.807, 2.05) is 18.9 Å². The van der Waals surface area contributed by atoms with Gasteiger partial charge in [0.25, 0.3) is 5.56 Å². The number of aryl methyl sites for hydroxylation is 1. The number of hydrogen-bond donors (Lipinski definition) is 2. The van der Waals surface area contributed by atoms with Crippen molar-refractivity contribution < 1.29 is 26.7 Å². The highest BCUT2D eigenvalue weighted by atomic mass is 35.5. The predicted octanol–water partition coefficient (Wildman–Crippen LogP) is -0.629. The second-order valence-electron chi connectivity index (χ2n) is 7.84. The van der Waals surface area contributed by atoms with Gasteiger partial charge in [-0.25, -0.2) is 9.18 Å². The molecule has 0 unspecified atom stereocenters. The van der Waals surface area contributed by atoms with E-state index in [1.165, 1.54) is 10.5 Å². The number of nitrogens with zero attached hydrogens (tertiary/aromatic N) is 2. The van der Waals surface area contributed by atoms with E-state index in [0.717, 1.165) is 31.1 Å². The molecular weight excluding hydrogens is 385 g/mol. The van der Waals surface area contributed by atoms with Gasteiger partial charge in [-0.1, -0.05) is 6.92 Å². The molecule has 0 radical (unpaired) electrons. The van der Waals surface area contributed by atoms with Crippen LogP contribution >= 0.6 is 0 Å². The monoisotopic (exact) mass is 408 g/mol. The number of carboxylic acid groups (broad SMARTS) is 1. The van der Waals surface area contributed by atoms with E-state index >= 15 is 4.39 Å². The first kappa shape index (κ1) is 20.6. The SMILES string of the molecule is CN[C@@H]1CN(c2c(F)cn3c(=O)c(C(=O)O)cc(C4CC4)c3c2C)C[C@H]1C.[Cl-]. The minimum Gasteiger partial charge on any atom is -1.00 e. The van der Waals surface area contributed by atoms with Gasteiger partial charge in [0.15, 0.2) is 5.82 Å². The molecule has 0 amide bonds. The number of rotatable bonds is 4. The zero-order chi connectivity index (χ0) is 19.5. The summed E-state index contributed by atoms with van der Waals surface area (Å²) >= 11 is 0. The predicted molar refractivity (Wildman–Crippen MR) is 102 cm³/mol. The number of aromatic nitrogens is 1. The Kier molecular flexibility index (Phi) is 5.42. The lowest BCUT2D eigenvalue weighted by molar-refractivity contribution is -0.0000218. The minimum atomic E-state index is -1.27. The van der Waals surface area contributed by atoms with Crippen molar-refractivity contribution in [2.24, 2.45) is 5.92 Å². The van der Waals surface area contributed by atoms with Crippen LogP contribution in [0.15, 0.2) is 17.1 Å². The van der Waals surface area contributed by atoms with Crippen molar-refractivity contribution in [2.45, 2.75) is 38.6 Å². The van der Waals surface area contributed by atoms with Gasteiger partial charge >= 0.3 is 5.97 Å². The standard InChI is InChI=1S/C20H24FN3O3.ClH/c1-10-7-23(9-16(10)22-3)18-11(2)17-13(12-4-5-12)6-14(20(26)27)19(25)24(17)8-15(18)21;/h6,8,10,12,16,22H,4-5,7,9H2,1-3H3,(H,26,27);1H/p-1/t10-,16-;/m1./s1. The summed E-state index contributed by atoms with van der Waals surface area (Å²) in [5.41, 5.74) is 1.73. The fourth-order valence-electron chi connectivity index (χ4n) is 4.41. The third-order valence-electron chi connectivity index (χ3n) is 5.99. The molecule has 4 rings (SSSR count). The topological polar surface area (TPSA) is 74.0 Å². The first-order valence-corrected chi connectivity index (χ1v) is 9.37. The highest BCUT2D eigenvalue weighted by molar-refractivity contribution is 5.89. The maximum Gasteiger partial charge on any atom is 0.341 e. The Bertz CT molecular complexity index is 1000. The first-order valence-electron chi connectivity index (χ1n) is 9.37. The van der Waals surface area contributed by atoms with Gasteiger partial charge in [-0.05, 0) is 55.8 Å². The third-order valence-corrected chi connectivity index (χ3v) is 5.99. The Morgan fingerprint density at radius 1 is 1.32 bits per heavy atom. The lowest BCUT2D eigenvalue weighted by Crippen LogP contribution is -3.00. The smallest absolute Gasteiger partial charge is 0.341 e.